The molecule has 1 aliphatic carbocycles. The summed E-state index contributed by atoms with van der Waals surface area (Å²) < 4.78 is 0. The molecule has 2 aliphatic rings. The van der Waals surface area contributed by atoms with Gasteiger partial charge in [-0.2, -0.15) is 0 Å². The Labute approximate surface area is 88.1 Å². The molecule has 0 aromatic rings. The number of hydrogen-bond donors (Lipinski definition) is 1. The van der Waals surface area contributed by atoms with E-state index in [2.05, 4.69) is 24.2 Å². The molecule has 1 saturated heterocycles. The second kappa shape index (κ2) is 4.19. The monoisotopic (exact) mass is 196 g/mol. The minimum absolute atomic E-state index is 0.412. The maximum atomic E-state index is 3.46. The first-order valence-corrected chi connectivity index (χ1v) is 6.16. The molecule has 14 heavy (non-hydrogen) atoms. The third-order valence-electron chi connectivity index (χ3n) is 4.35. The van der Waals surface area contributed by atoms with Crippen LogP contribution in [0.1, 0.15) is 45.4 Å². The molecule has 2 fully saturated rings. The van der Waals surface area contributed by atoms with E-state index in [1.807, 2.05) is 0 Å². The minimum atomic E-state index is 0.412. The van der Waals surface area contributed by atoms with Gasteiger partial charge in [0.15, 0.2) is 0 Å². The number of hydrogen-bond acceptors (Lipinski definition) is 2. The average Bonchev–Trinajstić information content (AvgIpc) is 2.72. The van der Waals surface area contributed by atoms with Crippen molar-refractivity contribution in [2.75, 3.05) is 20.1 Å². The van der Waals surface area contributed by atoms with Crippen LogP contribution in [-0.2, 0) is 0 Å². The molecular formula is C12H24N2. The van der Waals surface area contributed by atoms with E-state index < -0.39 is 0 Å². The summed E-state index contributed by atoms with van der Waals surface area (Å²) in [5, 5.41) is 3.46. The molecule has 1 N–H and O–H groups in total. The van der Waals surface area contributed by atoms with Crippen molar-refractivity contribution in [3.63, 3.8) is 0 Å². The zero-order valence-electron chi connectivity index (χ0n) is 9.68. The van der Waals surface area contributed by atoms with Crippen LogP contribution in [0.5, 0.6) is 0 Å². The van der Waals surface area contributed by atoms with Gasteiger partial charge in [-0.25, -0.2) is 0 Å². The lowest BCUT2D eigenvalue weighted by Crippen LogP contribution is -2.51. The second-order valence-electron chi connectivity index (χ2n) is 5.28. The van der Waals surface area contributed by atoms with Crippen LogP contribution in [-0.4, -0.2) is 36.6 Å². The van der Waals surface area contributed by atoms with Crippen molar-refractivity contribution in [3.05, 3.63) is 0 Å². The maximum Gasteiger partial charge on any atom is 0.0174 e. The van der Waals surface area contributed by atoms with Crippen LogP contribution in [0.15, 0.2) is 0 Å². The van der Waals surface area contributed by atoms with Gasteiger partial charge in [0.1, 0.15) is 0 Å². The fourth-order valence-electron chi connectivity index (χ4n) is 2.90. The summed E-state index contributed by atoms with van der Waals surface area (Å²) in [5.41, 5.74) is 0.412. The molecule has 1 aliphatic heterocycles. The molecule has 0 aromatic carbocycles. The topological polar surface area (TPSA) is 15.3 Å². The van der Waals surface area contributed by atoms with Gasteiger partial charge in [0.2, 0.25) is 0 Å². The van der Waals surface area contributed by atoms with Gasteiger partial charge in [-0.3, -0.25) is 0 Å². The Kier molecular flexibility index (Phi) is 3.13. The summed E-state index contributed by atoms with van der Waals surface area (Å²) >= 11 is 0. The van der Waals surface area contributed by atoms with Crippen molar-refractivity contribution in [2.45, 2.75) is 57.0 Å². The van der Waals surface area contributed by atoms with Gasteiger partial charge in [0, 0.05) is 24.7 Å². The van der Waals surface area contributed by atoms with Crippen molar-refractivity contribution in [1.82, 2.24) is 10.2 Å². The van der Waals surface area contributed by atoms with E-state index in [4.69, 9.17) is 0 Å². The van der Waals surface area contributed by atoms with Crippen LogP contribution in [0.25, 0.3) is 0 Å². The fraction of sp³-hybridized carbons (Fsp3) is 1.00. The van der Waals surface area contributed by atoms with Gasteiger partial charge >= 0.3 is 0 Å². The lowest BCUT2D eigenvalue weighted by Gasteiger charge is -2.41. The Hall–Kier alpha value is -0.0800. The highest BCUT2D eigenvalue weighted by Crippen LogP contribution is 2.29. The van der Waals surface area contributed by atoms with Gasteiger partial charge in [-0.15, -0.1) is 0 Å². The van der Waals surface area contributed by atoms with Gasteiger partial charge in [-0.05, 0) is 39.7 Å². The van der Waals surface area contributed by atoms with Crippen molar-refractivity contribution >= 4 is 0 Å². The zero-order valence-corrected chi connectivity index (χ0v) is 9.68. The summed E-state index contributed by atoms with van der Waals surface area (Å²) in [7, 11) is 2.10. The molecule has 0 atom stereocenters. The summed E-state index contributed by atoms with van der Waals surface area (Å²) in [6.45, 7) is 4.98. The van der Waals surface area contributed by atoms with E-state index in [1.54, 1.807) is 0 Å². The quantitative estimate of drug-likeness (QED) is 0.727. The molecule has 0 unspecified atom stereocenters. The number of nitrogens with zero attached hydrogens (tertiary/aromatic N) is 1. The van der Waals surface area contributed by atoms with Crippen LogP contribution in [0, 0.1) is 0 Å². The van der Waals surface area contributed by atoms with E-state index in [0.717, 1.165) is 6.04 Å². The van der Waals surface area contributed by atoms with E-state index >= 15 is 0 Å². The Balaban J connectivity index is 1.83. The second-order valence-corrected chi connectivity index (χ2v) is 5.28. The molecule has 1 saturated carbocycles. The van der Waals surface area contributed by atoms with Crippen molar-refractivity contribution in [1.29, 1.82) is 0 Å². The van der Waals surface area contributed by atoms with Crippen molar-refractivity contribution in [2.24, 2.45) is 0 Å². The number of nitrogens with one attached hydrogen (secondary N) is 1. The number of likely N-dealkylation sites (tertiary alicyclic amines) is 1. The molecule has 82 valence electrons. The van der Waals surface area contributed by atoms with Gasteiger partial charge in [0.25, 0.3) is 0 Å². The van der Waals surface area contributed by atoms with E-state index in [9.17, 15) is 0 Å². The number of piperidine rings is 1. The molecule has 1 heterocycles. The minimum Gasteiger partial charge on any atom is -0.314 e. The number of rotatable bonds is 2. The average molecular weight is 196 g/mol. The fourth-order valence-corrected chi connectivity index (χ4v) is 2.90. The summed E-state index contributed by atoms with van der Waals surface area (Å²) in [6.07, 6.45) is 8.47. The van der Waals surface area contributed by atoms with Crippen molar-refractivity contribution < 1.29 is 0 Å². The van der Waals surface area contributed by atoms with E-state index in [0.29, 0.717) is 5.54 Å². The molecule has 0 bridgehead atoms. The highest BCUT2D eigenvalue weighted by molar-refractivity contribution is 4.91. The first-order chi connectivity index (χ1) is 6.73. The molecule has 2 nitrogen and oxygen atoms in total. The highest BCUT2D eigenvalue weighted by Gasteiger charge is 2.32. The van der Waals surface area contributed by atoms with E-state index in [-0.39, 0.29) is 0 Å². The normalized spacial score (nSPS) is 29.6. The first kappa shape index (κ1) is 10.4. The SMILES string of the molecule is CNC1(C)CCN(C2CCCC2)CC1. The van der Waals surface area contributed by atoms with Crippen molar-refractivity contribution in [3.8, 4) is 0 Å². The predicted molar refractivity (Wildman–Crippen MR) is 60.5 cm³/mol. The Morgan fingerprint density at radius 2 is 1.71 bits per heavy atom. The van der Waals surface area contributed by atoms with Crippen LogP contribution in [0.3, 0.4) is 0 Å². The van der Waals surface area contributed by atoms with Gasteiger partial charge in [-0.1, -0.05) is 12.8 Å². The molecule has 0 radical (unpaired) electrons. The zero-order chi connectivity index (χ0) is 10.0. The molecule has 2 rings (SSSR count). The molecule has 2 heteroatoms. The smallest absolute Gasteiger partial charge is 0.0174 e. The summed E-state index contributed by atoms with van der Waals surface area (Å²) in [6, 6.07) is 0.927. The van der Waals surface area contributed by atoms with E-state index in [1.165, 1.54) is 51.6 Å². The lowest BCUT2D eigenvalue weighted by molar-refractivity contribution is 0.112. The first-order valence-electron chi connectivity index (χ1n) is 6.16. The van der Waals surface area contributed by atoms with Gasteiger partial charge in [0.05, 0.1) is 0 Å². The third kappa shape index (κ3) is 2.12. The molecule has 0 aromatic heterocycles. The standard InChI is InChI=1S/C12H24N2/c1-12(13-2)7-9-14(10-8-12)11-5-3-4-6-11/h11,13H,3-10H2,1-2H3. The predicted octanol–water partition coefficient (Wildman–Crippen LogP) is 2.00. The molecule has 0 spiro atoms. The van der Waals surface area contributed by atoms with Crippen LogP contribution >= 0.6 is 0 Å². The van der Waals surface area contributed by atoms with Crippen LogP contribution < -0.4 is 5.32 Å². The lowest BCUT2D eigenvalue weighted by atomic mass is 9.89. The van der Waals surface area contributed by atoms with Gasteiger partial charge < -0.3 is 10.2 Å². The Bertz CT molecular complexity index is 177. The summed E-state index contributed by atoms with van der Waals surface area (Å²) in [5.74, 6) is 0. The third-order valence-corrected chi connectivity index (χ3v) is 4.35. The summed E-state index contributed by atoms with van der Waals surface area (Å²) in [4.78, 5) is 2.73. The maximum absolute atomic E-state index is 3.46. The largest absolute Gasteiger partial charge is 0.314 e. The molecular weight excluding hydrogens is 172 g/mol. The Morgan fingerprint density at radius 1 is 1.14 bits per heavy atom. The van der Waals surface area contributed by atoms with Crippen LogP contribution in [0.2, 0.25) is 0 Å². The Morgan fingerprint density at radius 3 is 2.21 bits per heavy atom. The van der Waals surface area contributed by atoms with Crippen LogP contribution in [0.4, 0.5) is 0 Å². The highest BCUT2D eigenvalue weighted by atomic mass is 15.2. The molecule has 0 amide bonds.